The number of aromatic nitrogens is 13. The highest BCUT2D eigenvalue weighted by Crippen LogP contribution is 2.40. The van der Waals surface area contributed by atoms with Gasteiger partial charge in [-0.05, 0) is 139 Å². The van der Waals surface area contributed by atoms with Gasteiger partial charge in [-0.15, -0.1) is 0 Å². The fraction of sp³-hybridized carbons (Fsp3) is 0.280. The normalized spacial score (nSPS) is 11.4. The largest absolute Gasteiger partial charge is 0.344 e. The topological polar surface area (TPSA) is 66.8 Å². The van der Waals surface area contributed by atoms with Gasteiger partial charge < -0.3 is 13.7 Å². The molecule has 8 aromatic carbocycles. The van der Waals surface area contributed by atoms with Crippen LogP contribution < -0.4 is 22.8 Å². The zero-order valence-corrected chi connectivity index (χ0v) is 70.8. The van der Waals surface area contributed by atoms with Gasteiger partial charge in [0.05, 0.1) is 33.8 Å². The summed E-state index contributed by atoms with van der Waals surface area (Å²) in [7, 11) is 16.8. The van der Waals surface area contributed by atoms with Crippen LogP contribution in [0.2, 0.25) is 0 Å². The Bertz CT molecular complexity index is 5800. The van der Waals surface area contributed by atoms with E-state index in [9.17, 15) is 0 Å². The van der Waals surface area contributed by atoms with E-state index in [1.165, 1.54) is 129 Å². The number of benzene rings is 8. The molecule has 8 heterocycles. The highest BCUT2D eigenvalue weighted by molar-refractivity contribution is 5.82. The third-order valence-electron chi connectivity index (χ3n) is 22.0. The van der Waals surface area contributed by atoms with Gasteiger partial charge in [0.2, 0.25) is 11.5 Å². The second-order valence-electron chi connectivity index (χ2n) is 31.9. The minimum Gasteiger partial charge on any atom is -0.344 e. The van der Waals surface area contributed by atoms with Gasteiger partial charge in [0.15, 0.2) is 28.3 Å². The lowest BCUT2D eigenvalue weighted by Crippen LogP contribution is -2.31. The van der Waals surface area contributed by atoms with Gasteiger partial charge in [0.25, 0.3) is 5.82 Å². The van der Waals surface area contributed by atoms with Crippen molar-refractivity contribution in [3.63, 3.8) is 0 Å². The second kappa shape index (κ2) is 35.2. The lowest BCUT2D eigenvalue weighted by atomic mass is 9.92. The van der Waals surface area contributed by atoms with Crippen LogP contribution in [-0.4, -0.2) is 37.0 Å². The van der Waals surface area contributed by atoms with Crippen LogP contribution in [0.15, 0.2) is 280 Å². The molecule has 16 aromatic rings. The Kier molecular flexibility index (Phi) is 25.1. The Hall–Kier alpha value is -12.0. The molecule has 0 bridgehead atoms. The van der Waals surface area contributed by atoms with Gasteiger partial charge in [-0.1, -0.05) is 217 Å². The Morgan fingerprint density at radius 1 is 0.301 bits per heavy atom. The van der Waals surface area contributed by atoms with Crippen molar-refractivity contribution in [3.8, 4) is 80.1 Å². The molecule has 0 amide bonds. The number of nitrogens with zero attached hydrogens (tertiary/aromatic N) is 13. The van der Waals surface area contributed by atoms with E-state index in [0.717, 1.165) is 17.3 Å². The van der Waals surface area contributed by atoms with Gasteiger partial charge in [0, 0.05) is 97.0 Å². The summed E-state index contributed by atoms with van der Waals surface area (Å²) < 4.78 is 27.0. The Morgan fingerprint density at radius 2 is 0.699 bits per heavy atom. The number of para-hydroxylation sites is 8. The molecule has 0 N–H and O–H groups in total. The number of hydrogen-bond acceptors (Lipinski definition) is 1. The van der Waals surface area contributed by atoms with Crippen LogP contribution in [-0.2, 0) is 56.4 Å². The van der Waals surface area contributed by atoms with E-state index in [0.29, 0.717) is 35.5 Å². The molecule has 16 rings (SSSR count). The molecule has 0 saturated carbocycles. The van der Waals surface area contributed by atoms with Crippen molar-refractivity contribution in [2.45, 2.75) is 132 Å². The predicted molar refractivity (Wildman–Crippen MR) is 466 cm³/mol. The summed E-state index contributed by atoms with van der Waals surface area (Å²) in [6.45, 7) is 31.8. The predicted octanol–water partition coefficient (Wildman–Crippen LogP) is 21.1. The van der Waals surface area contributed by atoms with E-state index < -0.39 is 0 Å². The average molecular weight is 1500 g/mol. The zero-order chi connectivity index (χ0) is 80.6. The summed E-state index contributed by atoms with van der Waals surface area (Å²) in [5, 5.41) is 0. The number of hydrogen-bond donors (Lipinski definition) is 0. The van der Waals surface area contributed by atoms with E-state index >= 15 is 0 Å². The minimum absolute atomic E-state index is 0.444. The maximum atomic E-state index is 4.43. The van der Waals surface area contributed by atoms with Crippen LogP contribution in [0.1, 0.15) is 163 Å². The standard InChI is InChI=1S/C27H31N2.C25H30N3.C21H28N3.C14H15N4.C13H14N/c1-18(2)21-14-11-15-22(19(3)4)26(21)29-25-17-10-9-16-24(25)28(6)27(29)23-13-8-7-12-20(23)5;1-17(2)19-11-9-12-20(18(3)4)24(19)28-22-14-8-7-13-21(22)27(6)25(28)23-15-10-16-26(23)5;1-15(2)17-9-7-10-18(16(3)4)20(17)24-14-13-23(6)21(24)19-11-8-12-22(19)5;1-16-9-8-15-13(16)14-17(2)10-11-18(14)12-6-4-3-5-7-12;1-11-7-3-4-8-12(11)13-9-5-6-10-14(13)2/h7-19H,1-6H3;7-18H,1-6H3;7-16H,1-6H3;3-11H,1-2H3;3-10H,1-2H3/q5*+1. The molecule has 0 unspecified atom stereocenters. The van der Waals surface area contributed by atoms with E-state index in [-0.39, 0.29) is 0 Å². The Balaban J connectivity index is 0.000000134. The number of rotatable bonds is 15. The molecule has 0 spiro atoms. The molecule has 0 saturated heterocycles. The first-order valence-electron chi connectivity index (χ1n) is 40.2. The molecule has 0 radical (unpaired) electrons. The number of aryl methyl sites for hydroxylation is 10. The van der Waals surface area contributed by atoms with Crippen LogP contribution in [0.4, 0.5) is 0 Å². The molecular weight excluding hydrogens is 1380 g/mol. The van der Waals surface area contributed by atoms with Gasteiger partial charge in [-0.3, -0.25) is 0 Å². The fourth-order valence-corrected chi connectivity index (χ4v) is 16.0. The molecule has 0 atom stereocenters. The monoisotopic (exact) mass is 1500 g/mol. The van der Waals surface area contributed by atoms with Crippen LogP contribution in [0.25, 0.3) is 102 Å². The van der Waals surface area contributed by atoms with Crippen molar-refractivity contribution < 1.29 is 22.8 Å². The third kappa shape index (κ3) is 16.6. The minimum atomic E-state index is 0.444. The molecule has 0 aliphatic heterocycles. The quantitative estimate of drug-likeness (QED) is 0.0943. The van der Waals surface area contributed by atoms with E-state index in [4.69, 9.17) is 0 Å². The van der Waals surface area contributed by atoms with E-state index in [1.807, 2.05) is 61.5 Å². The highest BCUT2D eigenvalue weighted by Gasteiger charge is 2.34. The van der Waals surface area contributed by atoms with Crippen molar-refractivity contribution in [2.75, 3.05) is 0 Å². The number of fused-ring (bicyclic) bond motifs is 2. The molecule has 8 aromatic heterocycles. The summed E-state index contributed by atoms with van der Waals surface area (Å²) in [6.07, 6.45) is 18.5. The van der Waals surface area contributed by atoms with Crippen molar-refractivity contribution in [1.29, 1.82) is 0 Å². The van der Waals surface area contributed by atoms with Gasteiger partial charge in [-0.25, -0.2) is 27.8 Å². The fourth-order valence-electron chi connectivity index (χ4n) is 16.0. The summed E-state index contributed by atoms with van der Waals surface area (Å²) in [6, 6.07) is 80.1. The zero-order valence-electron chi connectivity index (χ0n) is 70.8. The van der Waals surface area contributed by atoms with Crippen LogP contribution in [0.3, 0.4) is 0 Å². The van der Waals surface area contributed by atoms with Crippen molar-refractivity contribution in [2.24, 2.45) is 56.4 Å². The summed E-state index contributed by atoms with van der Waals surface area (Å²) >= 11 is 0. The van der Waals surface area contributed by atoms with Crippen molar-refractivity contribution in [3.05, 3.63) is 325 Å². The molecular formula is C100H118N13+5. The molecule has 13 nitrogen and oxygen atoms in total. The highest BCUT2D eigenvalue weighted by atomic mass is 15.2. The smallest absolute Gasteiger partial charge is 0.330 e. The maximum Gasteiger partial charge on any atom is 0.330 e. The molecule has 113 heavy (non-hydrogen) atoms. The van der Waals surface area contributed by atoms with Crippen LogP contribution in [0, 0.1) is 13.8 Å². The Labute approximate surface area is 671 Å². The van der Waals surface area contributed by atoms with Gasteiger partial charge in [-0.2, -0.15) is 18.3 Å². The van der Waals surface area contributed by atoms with E-state index in [2.05, 4.69) is 432 Å². The third-order valence-corrected chi connectivity index (χ3v) is 22.0. The summed E-state index contributed by atoms with van der Waals surface area (Å²) in [5.74, 6) is 8.41. The second-order valence-corrected chi connectivity index (χ2v) is 31.9. The number of imidazole rings is 5. The molecule has 0 fully saturated rings. The first kappa shape index (κ1) is 80.6. The first-order valence-corrected chi connectivity index (χ1v) is 40.2. The molecule has 13 heteroatoms. The summed E-state index contributed by atoms with van der Waals surface area (Å²) in [4.78, 5) is 4.43. The van der Waals surface area contributed by atoms with Crippen LogP contribution in [0.5, 0.6) is 0 Å². The van der Waals surface area contributed by atoms with Crippen LogP contribution >= 0.6 is 0 Å². The molecule has 0 aliphatic carbocycles. The van der Waals surface area contributed by atoms with E-state index in [1.54, 1.807) is 0 Å². The van der Waals surface area contributed by atoms with Gasteiger partial charge in [0.1, 0.15) is 66.0 Å². The lowest BCUT2D eigenvalue weighted by molar-refractivity contribution is -0.660. The lowest BCUT2D eigenvalue weighted by Gasteiger charge is -2.18. The summed E-state index contributed by atoms with van der Waals surface area (Å²) in [5.41, 5.74) is 27.4. The number of pyridine rings is 1. The first-order chi connectivity index (χ1) is 54.3. The average Bonchev–Trinajstić information content (AvgIpc) is 1.60. The SMILES string of the molecule is CC(C)c1cccc(C(C)C)c1-n1c(-c2cccn2C)[n+](C)c2ccccc21.CC(C)c1cccc(C(C)C)c1-n1cc[n+](C)c1-c1cccn1C.Cc1ccccc1-c1cccc[n+]1C.Cc1ccccc1-c1n(-c2c(C(C)C)cccc2C(C)C)c2ccccc2[n+]1C.Cn1ccnc1-c1n(-c2ccccc2)cc[n+]1C. The Morgan fingerprint density at radius 3 is 1.14 bits per heavy atom. The van der Waals surface area contributed by atoms with Crippen molar-refractivity contribution in [1.82, 2.24) is 37.0 Å². The molecule has 578 valence electrons. The molecule has 0 aliphatic rings. The van der Waals surface area contributed by atoms with Gasteiger partial charge >= 0.3 is 17.5 Å². The van der Waals surface area contributed by atoms with Crippen molar-refractivity contribution >= 4 is 22.1 Å². The maximum absolute atomic E-state index is 4.43.